The van der Waals surface area contributed by atoms with E-state index in [4.69, 9.17) is 20.8 Å². The van der Waals surface area contributed by atoms with E-state index in [0.29, 0.717) is 29.5 Å². The maximum Gasteiger partial charge on any atom is 0.279 e. The molecule has 0 saturated heterocycles. The lowest BCUT2D eigenvalue weighted by atomic mass is 10.3. The number of amides is 1. The summed E-state index contributed by atoms with van der Waals surface area (Å²) in [5.41, 5.74) is 0.571. The molecule has 0 spiro atoms. The molecule has 0 aliphatic heterocycles. The molecule has 2 aromatic rings. The second-order valence-electron chi connectivity index (χ2n) is 5.22. The molecule has 1 aromatic carbocycles. The summed E-state index contributed by atoms with van der Waals surface area (Å²) in [4.78, 5) is 13.2. The Bertz CT molecular complexity index is 655. The standard InChI is InChI=1S/C16H19ClN2O3/c1-11-4-6-13(22-11)9-19(2)10-16(20)18-14-8-12(17)5-7-15(14)21-3/h4-8H,9-10H2,1-3H3,(H,18,20)/p+1. The van der Waals surface area contributed by atoms with Crippen molar-refractivity contribution >= 4 is 23.2 Å². The molecule has 1 aromatic heterocycles. The first-order valence-electron chi connectivity index (χ1n) is 6.98. The number of quaternary nitrogens is 1. The zero-order valence-electron chi connectivity index (χ0n) is 12.9. The average molecular weight is 324 g/mol. The van der Waals surface area contributed by atoms with Crippen LogP contribution in [0.3, 0.4) is 0 Å². The number of rotatable bonds is 6. The highest BCUT2D eigenvalue weighted by atomic mass is 35.5. The van der Waals surface area contributed by atoms with Gasteiger partial charge in [0.2, 0.25) is 0 Å². The minimum atomic E-state index is -0.110. The van der Waals surface area contributed by atoms with E-state index < -0.39 is 0 Å². The predicted octanol–water partition coefficient (Wildman–Crippen LogP) is 1.90. The summed E-state index contributed by atoms with van der Waals surface area (Å²) < 4.78 is 10.7. The van der Waals surface area contributed by atoms with Gasteiger partial charge in [-0.05, 0) is 37.3 Å². The van der Waals surface area contributed by atoms with E-state index >= 15 is 0 Å². The van der Waals surface area contributed by atoms with E-state index in [2.05, 4.69) is 5.32 Å². The Hall–Kier alpha value is -1.98. The van der Waals surface area contributed by atoms with Crippen LogP contribution >= 0.6 is 11.6 Å². The van der Waals surface area contributed by atoms with Crippen molar-refractivity contribution < 1.29 is 18.8 Å². The lowest BCUT2D eigenvalue weighted by Gasteiger charge is -2.14. The zero-order valence-corrected chi connectivity index (χ0v) is 13.7. The molecule has 1 atom stereocenters. The first kappa shape index (κ1) is 16.4. The molecule has 0 aliphatic rings. The van der Waals surface area contributed by atoms with Gasteiger partial charge in [0.05, 0.1) is 19.8 Å². The van der Waals surface area contributed by atoms with Gasteiger partial charge in [0.15, 0.2) is 12.3 Å². The molecule has 22 heavy (non-hydrogen) atoms. The van der Waals surface area contributed by atoms with Crippen molar-refractivity contribution in [1.82, 2.24) is 0 Å². The summed E-state index contributed by atoms with van der Waals surface area (Å²) in [6.45, 7) is 2.86. The summed E-state index contributed by atoms with van der Waals surface area (Å²) in [6.07, 6.45) is 0. The number of benzene rings is 1. The molecule has 2 rings (SSSR count). The van der Waals surface area contributed by atoms with Crippen LogP contribution in [-0.2, 0) is 11.3 Å². The predicted molar refractivity (Wildman–Crippen MR) is 85.5 cm³/mol. The third kappa shape index (κ3) is 4.51. The summed E-state index contributed by atoms with van der Waals surface area (Å²) in [5, 5.41) is 3.37. The van der Waals surface area contributed by atoms with Crippen LogP contribution in [0.2, 0.25) is 5.02 Å². The molecule has 2 N–H and O–H groups in total. The zero-order chi connectivity index (χ0) is 16.1. The smallest absolute Gasteiger partial charge is 0.279 e. The van der Waals surface area contributed by atoms with Crippen LogP contribution in [0, 0.1) is 6.92 Å². The van der Waals surface area contributed by atoms with Crippen LogP contribution in [-0.4, -0.2) is 26.6 Å². The molecule has 0 aliphatic carbocycles. The van der Waals surface area contributed by atoms with Crippen molar-refractivity contribution in [2.24, 2.45) is 0 Å². The molecule has 0 radical (unpaired) electrons. The van der Waals surface area contributed by atoms with E-state index in [1.54, 1.807) is 25.3 Å². The molecule has 0 saturated carbocycles. The molecule has 0 bridgehead atoms. The van der Waals surface area contributed by atoms with Crippen LogP contribution in [0.1, 0.15) is 11.5 Å². The van der Waals surface area contributed by atoms with Crippen LogP contribution in [0.15, 0.2) is 34.7 Å². The minimum Gasteiger partial charge on any atom is -0.495 e. The fourth-order valence-corrected chi connectivity index (χ4v) is 2.36. The Morgan fingerprint density at radius 3 is 2.77 bits per heavy atom. The van der Waals surface area contributed by atoms with Crippen molar-refractivity contribution in [3.05, 3.63) is 46.9 Å². The Balaban J connectivity index is 1.93. The summed E-state index contributed by atoms with van der Waals surface area (Å²) in [6, 6.07) is 8.95. The molecule has 1 unspecified atom stereocenters. The number of aryl methyl sites for hydroxylation is 1. The third-order valence-corrected chi connectivity index (χ3v) is 3.41. The van der Waals surface area contributed by atoms with Crippen molar-refractivity contribution in [1.29, 1.82) is 0 Å². The molecule has 118 valence electrons. The van der Waals surface area contributed by atoms with Crippen LogP contribution in [0.5, 0.6) is 5.75 Å². The number of carbonyl (C=O) groups is 1. The van der Waals surface area contributed by atoms with Gasteiger partial charge in [-0.25, -0.2) is 0 Å². The van der Waals surface area contributed by atoms with Crippen LogP contribution in [0.25, 0.3) is 0 Å². The highest BCUT2D eigenvalue weighted by Gasteiger charge is 2.14. The maximum atomic E-state index is 12.1. The Labute approximate surface area is 134 Å². The van der Waals surface area contributed by atoms with Gasteiger partial charge >= 0.3 is 0 Å². The van der Waals surface area contributed by atoms with E-state index in [-0.39, 0.29) is 5.91 Å². The van der Waals surface area contributed by atoms with Gasteiger partial charge in [0, 0.05) is 5.02 Å². The summed E-state index contributed by atoms with van der Waals surface area (Å²) >= 11 is 5.95. The minimum absolute atomic E-state index is 0.110. The number of halogens is 1. The second kappa shape index (κ2) is 7.33. The number of methoxy groups -OCH3 is 1. The van der Waals surface area contributed by atoms with Crippen LogP contribution < -0.4 is 15.0 Å². The molecular formula is C16H20ClN2O3+. The summed E-state index contributed by atoms with van der Waals surface area (Å²) in [5.74, 6) is 2.21. The van der Waals surface area contributed by atoms with E-state index in [1.165, 1.54) is 0 Å². The lowest BCUT2D eigenvalue weighted by Crippen LogP contribution is -3.08. The lowest BCUT2D eigenvalue weighted by molar-refractivity contribution is -0.886. The van der Waals surface area contributed by atoms with Crippen molar-refractivity contribution in [2.75, 3.05) is 26.0 Å². The fraction of sp³-hybridized carbons (Fsp3) is 0.312. The van der Waals surface area contributed by atoms with Gasteiger partial charge in [-0.15, -0.1) is 0 Å². The number of hydrogen-bond acceptors (Lipinski definition) is 3. The van der Waals surface area contributed by atoms with E-state index in [9.17, 15) is 4.79 Å². The molecule has 1 amide bonds. The quantitative estimate of drug-likeness (QED) is 0.853. The first-order chi connectivity index (χ1) is 10.5. The number of nitrogens with one attached hydrogen (secondary N) is 2. The Kier molecular flexibility index (Phi) is 5.46. The van der Waals surface area contributed by atoms with Gasteiger partial charge in [-0.1, -0.05) is 11.6 Å². The van der Waals surface area contributed by atoms with Crippen molar-refractivity contribution in [2.45, 2.75) is 13.5 Å². The van der Waals surface area contributed by atoms with Crippen molar-refractivity contribution in [3.63, 3.8) is 0 Å². The van der Waals surface area contributed by atoms with Crippen LogP contribution in [0.4, 0.5) is 5.69 Å². The molecule has 5 nitrogen and oxygen atoms in total. The van der Waals surface area contributed by atoms with E-state index in [1.807, 2.05) is 26.1 Å². The van der Waals surface area contributed by atoms with Gasteiger partial charge in [-0.2, -0.15) is 0 Å². The molecule has 6 heteroatoms. The number of ether oxygens (including phenoxy) is 1. The average Bonchev–Trinajstić information content (AvgIpc) is 2.83. The van der Waals surface area contributed by atoms with Gasteiger partial charge in [-0.3, -0.25) is 4.79 Å². The Morgan fingerprint density at radius 2 is 2.14 bits per heavy atom. The van der Waals surface area contributed by atoms with Gasteiger partial charge in [0.1, 0.15) is 18.1 Å². The molecule has 0 fully saturated rings. The van der Waals surface area contributed by atoms with Gasteiger partial charge in [0.25, 0.3) is 5.91 Å². The fourth-order valence-electron chi connectivity index (χ4n) is 2.19. The van der Waals surface area contributed by atoms with Crippen molar-refractivity contribution in [3.8, 4) is 5.75 Å². The monoisotopic (exact) mass is 323 g/mol. The number of furan rings is 1. The normalized spacial score (nSPS) is 12.0. The number of likely N-dealkylation sites (N-methyl/N-ethyl adjacent to an activating group) is 1. The third-order valence-electron chi connectivity index (χ3n) is 3.17. The SMILES string of the molecule is COc1ccc(Cl)cc1NC(=O)C[NH+](C)Cc1ccc(C)o1. The molecule has 1 heterocycles. The highest BCUT2D eigenvalue weighted by molar-refractivity contribution is 6.31. The Morgan fingerprint density at radius 1 is 1.36 bits per heavy atom. The topological polar surface area (TPSA) is 55.9 Å². The molecular weight excluding hydrogens is 304 g/mol. The summed E-state index contributed by atoms with van der Waals surface area (Å²) in [7, 11) is 3.49. The number of hydrogen-bond donors (Lipinski definition) is 2. The first-order valence-corrected chi connectivity index (χ1v) is 7.35. The second-order valence-corrected chi connectivity index (χ2v) is 5.65. The van der Waals surface area contributed by atoms with Gasteiger partial charge < -0.3 is 19.4 Å². The number of anilines is 1. The number of carbonyl (C=O) groups excluding carboxylic acids is 1. The highest BCUT2D eigenvalue weighted by Crippen LogP contribution is 2.27. The van der Waals surface area contributed by atoms with E-state index in [0.717, 1.165) is 16.4 Å². The largest absolute Gasteiger partial charge is 0.495 e. The maximum absolute atomic E-state index is 12.1.